The Morgan fingerprint density at radius 2 is 1.94 bits per heavy atom. The maximum atomic E-state index is 11.8. The lowest BCUT2D eigenvalue weighted by molar-refractivity contribution is -0.144. The Balaban J connectivity index is 2.04. The van der Waals surface area contributed by atoms with Gasteiger partial charge in [-0.1, -0.05) is 0 Å². The molecule has 1 amide bonds. The molecule has 5 atom stereocenters. The molecule has 0 aromatic carbocycles. The number of hydrogen-bond acceptors (Lipinski definition) is 3. The molecule has 0 spiro atoms. The van der Waals surface area contributed by atoms with Crippen LogP contribution in [-0.4, -0.2) is 36.1 Å². The van der Waals surface area contributed by atoms with Crippen molar-refractivity contribution in [2.75, 3.05) is 7.05 Å². The van der Waals surface area contributed by atoms with Crippen LogP contribution < -0.4 is 10.6 Å². The largest absolute Gasteiger partial charge is 0.481 e. The van der Waals surface area contributed by atoms with Crippen molar-refractivity contribution in [1.29, 1.82) is 0 Å². The second kappa shape index (κ2) is 4.64. The second-order valence-electron chi connectivity index (χ2n) is 5.24. The lowest BCUT2D eigenvalue weighted by Crippen LogP contribution is -2.51. The minimum Gasteiger partial charge on any atom is -0.481 e. The molecule has 5 unspecified atom stereocenters. The minimum absolute atomic E-state index is 0.101. The van der Waals surface area contributed by atoms with Gasteiger partial charge in [0.2, 0.25) is 5.91 Å². The lowest BCUT2D eigenvalue weighted by Gasteiger charge is -2.29. The van der Waals surface area contributed by atoms with Gasteiger partial charge in [-0.05, 0) is 45.1 Å². The van der Waals surface area contributed by atoms with E-state index in [2.05, 4.69) is 10.6 Å². The van der Waals surface area contributed by atoms with Gasteiger partial charge in [-0.3, -0.25) is 9.59 Å². The number of carboxylic acid groups (broad SMARTS) is 1. The number of carbonyl (C=O) groups is 2. The SMILES string of the molecule is CNC(C)C(=O)NC1C2CCC(C2)C1C(=O)O. The molecule has 2 saturated carbocycles. The predicted octanol–water partition coefficient (Wildman–Crippen LogP) is 0.210. The third-order valence-corrected chi connectivity index (χ3v) is 4.34. The molecule has 5 heteroatoms. The van der Waals surface area contributed by atoms with Crippen LogP contribution in [0.4, 0.5) is 0 Å². The van der Waals surface area contributed by atoms with E-state index >= 15 is 0 Å². The summed E-state index contributed by atoms with van der Waals surface area (Å²) < 4.78 is 0. The fourth-order valence-corrected chi connectivity index (χ4v) is 3.27. The molecule has 0 heterocycles. The number of carbonyl (C=O) groups excluding carboxylic acids is 1. The van der Waals surface area contributed by atoms with E-state index in [0.717, 1.165) is 19.3 Å². The van der Waals surface area contributed by atoms with Crippen molar-refractivity contribution >= 4 is 11.9 Å². The molecule has 2 aliphatic carbocycles. The van der Waals surface area contributed by atoms with Crippen LogP contribution in [-0.2, 0) is 9.59 Å². The maximum Gasteiger partial charge on any atom is 0.308 e. The Morgan fingerprint density at radius 1 is 1.29 bits per heavy atom. The number of aliphatic carboxylic acids is 1. The van der Waals surface area contributed by atoms with E-state index in [1.807, 2.05) is 0 Å². The minimum atomic E-state index is -0.764. The lowest BCUT2D eigenvalue weighted by atomic mass is 9.84. The Bertz CT molecular complexity index is 332. The number of amides is 1. The van der Waals surface area contributed by atoms with Gasteiger partial charge >= 0.3 is 5.97 Å². The first-order valence-corrected chi connectivity index (χ1v) is 6.25. The number of fused-ring (bicyclic) bond motifs is 2. The van der Waals surface area contributed by atoms with Crippen molar-refractivity contribution in [1.82, 2.24) is 10.6 Å². The highest BCUT2D eigenvalue weighted by Gasteiger charge is 2.51. The fraction of sp³-hybridized carbons (Fsp3) is 0.833. The van der Waals surface area contributed by atoms with Crippen LogP contribution in [0.15, 0.2) is 0 Å². The summed E-state index contributed by atoms with van der Waals surface area (Å²) in [5, 5.41) is 15.0. The summed E-state index contributed by atoms with van der Waals surface area (Å²) in [7, 11) is 1.72. The molecule has 0 aromatic heterocycles. The molecule has 3 N–H and O–H groups in total. The molecule has 17 heavy (non-hydrogen) atoms. The van der Waals surface area contributed by atoms with Crippen molar-refractivity contribution < 1.29 is 14.7 Å². The predicted molar refractivity (Wildman–Crippen MR) is 62.4 cm³/mol. The smallest absolute Gasteiger partial charge is 0.308 e. The summed E-state index contributed by atoms with van der Waals surface area (Å²) in [5.41, 5.74) is 0. The molecular formula is C12H20N2O3. The first-order valence-electron chi connectivity index (χ1n) is 6.25. The van der Waals surface area contributed by atoms with E-state index in [4.69, 9.17) is 0 Å². The molecule has 0 aliphatic heterocycles. The molecule has 5 nitrogen and oxygen atoms in total. The number of hydrogen-bond donors (Lipinski definition) is 3. The van der Waals surface area contributed by atoms with Crippen LogP contribution in [0.2, 0.25) is 0 Å². The van der Waals surface area contributed by atoms with E-state index in [0.29, 0.717) is 5.92 Å². The summed E-state index contributed by atoms with van der Waals surface area (Å²) in [6, 6.07) is -0.446. The summed E-state index contributed by atoms with van der Waals surface area (Å²) in [6.07, 6.45) is 3.00. The monoisotopic (exact) mass is 240 g/mol. The molecule has 2 rings (SSSR count). The average molecular weight is 240 g/mol. The van der Waals surface area contributed by atoms with Gasteiger partial charge in [0.15, 0.2) is 0 Å². The number of nitrogens with one attached hydrogen (secondary N) is 2. The number of likely N-dealkylation sites (N-methyl/N-ethyl adjacent to an activating group) is 1. The zero-order valence-electron chi connectivity index (χ0n) is 10.3. The van der Waals surface area contributed by atoms with E-state index in [1.165, 1.54) is 0 Å². The summed E-state index contributed by atoms with van der Waals surface area (Å²) in [5.74, 6) is -0.639. The van der Waals surface area contributed by atoms with Crippen molar-refractivity contribution in [2.45, 2.75) is 38.3 Å². The number of carboxylic acids is 1. The van der Waals surface area contributed by atoms with E-state index in [1.54, 1.807) is 14.0 Å². The molecule has 96 valence electrons. The topological polar surface area (TPSA) is 78.4 Å². The van der Waals surface area contributed by atoms with Gasteiger partial charge in [0.1, 0.15) is 0 Å². The molecular weight excluding hydrogens is 220 g/mol. The van der Waals surface area contributed by atoms with Crippen LogP contribution in [0.1, 0.15) is 26.2 Å². The molecule has 2 fully saturated rings. The van der Waals surface area contributed by atoms with Crippen LogP contribution in [0.25, 0.3) is 0 Å². The standard InChI is InChI=1S/C12H20N2O3/c1-6(13-2)11(15)14-10-8-4-3-7(5-8)9(10)12(16)17/h6-10,13H,3-5H2,1-2H3,(H,14,15)(H,16,17). The summed E-state index contributed by atoms with van der Waals surface area (Å²) in [6.45, 7) is 1.78. The zero-order chi connectivity index (χ0) is 12.6. The Morgan fingerprint density at radius 3 is 2.53 bits per heavy atom. The third-order valence-electron chi connectivity index (χ3n) is 4.34. The van der Waals surface area contributed by atoms with Crippen LogP contribution in [0.3, 0.4) is 0 Å². The molecule has 0 aromatic rings. The van der Waals surface area contributed by atoms with E-state index in [-0.39, 0.29) is 29.8 Å². The normalized spacial score (nSPS) is 36.8. The van der Waals surface area contributed by atoms with Gasteiger partial charge in [0.25, 0.3) is 0 Å². The quantitative estimate of drug-likeness (QED) is 0.656. The second-order valence-corrected chi connectivity index (χ2v) is 5.24. The van der Waals surface area contributed by atoms with E-state index in [9.17, 15) is 14.7 Å². The van der Waals surface area contributed by atoms with Gasteiger partial charge < -0.3 is 15.7 Å². The Hall–Kier alpha value is -1.10. The fourth-order valence-electron chi connectivity index (χ4n) is 3.27. The zero-order valence-corrected chi connectivity index (χ0v) is 10.3. The van der Waals surface area contributed by atoms with Crippen LogP contribution in [0, 0.1) is 17.8 Å². The van der Waals surface area contributed by atoms with Crippen molar-refractivity contribution in [2.24, 2.45) is 17.8 Å². The van der Waals surface area contributed by atoms with Crippen molar-refractivity contribution in [3.8, 4) is 0 Å². The van der Waals surface area contributed by atoms with Gasteiger partial charge in [-0.2, -0.15) is 0 Å². The van der Waals surface area contributed by atoms with Gasteiger partial charge in [0, 0.05) is 6.04 Å². The Labute approximate surface area is 101 Å². The average Bonchev–Trinajstić information content (AvgIpc) is 2.87. The van der Waals surface area contributed by atoms with Crippen LogP contribution >= 0.6 is 0 Å². The highest BCUT2D eigenvalue weighted by atomic mass is 16.4. The van der Waals surface area contributed by atoms with E-state index < -0.39 is 5.97 Å². The molecule has 2 bridgehead atoms. The summed E-state index contributed by atoms with van der Waals surface area (Å²) in [4.78, 5) is 23.1. The third kappa shape index (κ3) is 2.16. The molecule has 0 saturated heterocycles. The maximum absolute atomic E-state index is 11.8. The highest BCUT2D eigenvalue weighted by molar-refractivity contribution is 5.83. The van der Waals surface area contributed by atoms with Gasteiger partial charge in [-0.25, -0.2) is 0 Å². The highest BCUT2D eigenvalue weighted by Crippen LogP contribution is 2.48. The van der Waals surface area contributed by atoms with Crippen molar-refractivity contribution in [3.63, 3.8) is 0 Å². The van der Waals surface area contributed by atoms with Crippen molar-refractivity contribution in [3.05, 3.63) is 0 Å². The van der Waals surface area contributed by atoms with Gasteiger partial charge in [0.05, 0.1) is 12.0 Å². The molecule has 2 aliphatic rings. The first-order chi connectivity index (χ1) is 8.04. The Kier molecular flexibility index (Phi) is 3.38. The summed E-state index contributed by atoms with van der Waals surface area (Å²) >= 11 is 0. The van der Waals surface area contributed by atoms with Crippen LogP contribution in [0.5, 0.6) is 0 Å². The molecule has 0 radical (unpaired) electrons. The van der Waals surface area contributed by atoms with Gasteiger partial charge in [-0.15, -0.1) is 0 Å². The number of rotatable bonds is 4. The first kappa shape index (κ1) is 12.4.